The second-order valence-corrected chi connectivity index (χ2v) is 7.35. The van der Waals surface area contributed by atoms with Crippen LogP contribution in [0.1, 0.15) is 52.4 Å². The third-order valence-corrected chi connectivity index (χ3v) is 5.40. The monoisotopic (exact) mass is 372 g/mol. The molecule has 0 spiro atoms. The molecule has 1 amide bonds. The van der Waals surface area contributed by atoms with Crippen molar-refractivity contribution in [3.05, 3.63) is 81.6 Å². The lowest BCUT2D eigenvalue weighted by Gasteiger charge is -2.39. The van der Waals surface area contributed by atoms with Gasteiger partial charge in [-0.3, -0.25) is 10.2 Å². The van der Waals surface area contributed by atoms with E-state index < -0.39 is 0 Å². The summed E-state index contributed by atoms with van der Waals surface area (Å²) in [6.45, 7) is 6.85. The predicted molar refractivity (Wildman–Crippen MR) is 110 cm³/mol. The fraction of sp³-hybridized carbons (Fsp3) is 0.261. The number of nitrogens with one attached hydrogen (secondary N) is 1. The molecule has 1 aliphatic heterocycles. The van der Waals surface area contributed by atoms with Crippen LogP contribution in [0, 0.1) is 23.7 Å². The van der Waals surface area contributed by atoms with Gasteiger partial charge in [-0.2, -0.15) is 5.26 Å². The van der Waals surface area contributed by atoms with Crippen LogP contribution >= 0.6 is 0 Å². The van der Waals surface area contributed by atoms with Crippen molar-refractivity contribution in [1.29, 1.82) is 10.7 Å². The lowest BCUT2D eigenvalue weighted by Crippen LogP contribution is -2.48. The molecule has 0 atom stereocenters. The number of nitriles is 1. The highest BCUT2D eigenvalue weighted by Gasteiger charge is 2.32. The van der Waals surface area contributed by atoms with E-state index in [2.05, 4.69) is 6.07 Å². The number of hydrogen-bond donors (Lipinski definition) is 2. The largest absolute Gasteiger partial charge is 0.402 e. The number of hydrogen-bond acceptors (Lipinski definition) is 4. The summed E-state index contributed by atoms with van der Waals surface area (Å²) < 4.78 is 0. The molecule has 1 aliphatic rings. The molecule has 0 bridgehead atoms. The fourth-order valence-electron chi connectivity index (χ4n) is 3.29. The number of carbonyl (C=O) groups excluding carboxylic acids is 1. The Morgan fingerprint density at radius 3 is 2.39 bits per heavy atom. The Kier molecular flexibility index (Phi) is 5.32. The molecule has 5 heteroatoms. The van der Waals surface area contributed by atoms with E-state index in [9.17, 15) is 4.79 Å². The minimum Gasteiger partial charge on any atom is -0.402 e. The summed E-state index contributed by atoms with van der Waals surface area (Å²) in [6, 6.07) is 15.2. The second-order valence-electron chi connectivity index (χ2n) is 7.35. The van der Waals surface area contributed by atoms with Crippen molar-refractivity contribution in [2.24, 2.45) is 5.73 Å². The van der Waals surface area contributed by atoms with E-state index in [-0.39, 0.29) is 5.91 Å². The number of likely N-dealkylation sites (tertiary alicyclic amines) is 1. The van der Waals surface area contributed by atoms with Crippen molar-refractivity contribution in [2.75, 3.05) is 13.1 Å². The van der Waals surface area contributed by atoms with E-state index in [1.54, 1.807) is 13.0 Å². The summed E-state index contributed by atoms with van der Waals surface area (Å²) in [5.41, 5.74) is 11.6. The predicted octanol–water partition coefficient (Wildman–Crippen LogP) is 3.73. The highest BCUT2D eigenvalue weighted by molar-refractivity contribution is 6.12. The molecule has 3 N–H and O–H groups in total. The van der Waals surface area contributed by atoms with Crippen LogP contribution in [0.2, 0.25) is 0 Å². The first-order valence-corrected chi connectivity index (χ1v) is 9.24. The quantitative estimate of drug-likeness (QED) is 0.801. The van der Waals surface area contributed by atoms with Crippen molar-refractivity contribution in [2.45, 2.75) is 26.7 Å². The third-order valence-electron chi connectivity index (χ3n) is 5.40. The van der Waals surface area contributed by atoms with Gasteiger partial charge >= 0.3 is 0 Å². The van der Waals surface area contributed by atoms with E-state index in [1.165, 1.54) is 0 Å². The minimum atomic E-state index is -0.0231. The van der Waals surface area contributed by atoms with Crippen LogP contribution in [0.25, 0.3) is 0 Å². The molecule has 1 saturated heterocycles. The van der Waals surface area contributed by atoms with Crippen LogP contribution in [0.5, 0.6) is 0 Å². The number of nitrogens with zero attached hydrogens (tertiary/aromatic N) is 2. The highest BCUT2D eigenvalue weighted by Crippen LogP contribution is 2.29. The van der Waals surface area contributed by atoms with Gasteiger partial charge in [0.25, 0.3) is 5.91 Å². The zero-order chi connectivity index (χ0) is 20.4. The van der Waals surface area contributed by atoms with Crippen LogP contribution in [0.15, 0.2) is 53.7 Å². The Bertz CT molecular complexity index is 1000. The standard InChI is InChI=1S/C23H24N4O/c1-14-4-7-19(10-21(14)22(26)15(2)16(3)25)23(28)27-12-20(13-27)18-8-5-17(11-24)6-9-18/h4-10,20,26H,12-13,25H2,1-3H3. The fourth-order valence-corrected chi connectivity index (χ4v) is 3.29. The minimum absolute atomic E-state index is 0.0231. The summed E-state index contributed by atoms with van der Waals surface area (Å²) in [6.07, 6.45) is 0. The van der Waals surface area contributed by atoms with Gasteiger partial charge in [0.05, 0.1) is 17.3 Å². The van der Waals surface area contributed by atoms with Crippen LogP contribution in [0.4, 0.5) is 0 Å². The lowest BCUT2D eigenvalue weighted by atomic mass is 9.89. The summed E-state index contributed by atoms with van der Waals surface area (Å²) in [5, 5.41) is 17.3. The van der Waals surface area contributed by atoms with Crippen LogP contribution in [0.3, 0.4) is 0 Å². The Hall–Kier alpha value is -3.39. The molecular formula is C23H24N4O. The number of carbonyl (C=O) groups is 1. The summed E-state index contributed by atoms with van der Waals surface area (Å²) in [5.74, 6) is 0.273. The highest BCUT2D eigenvalue weighted by atomic mass is 16.2. The first-order valence-electron chi connectivity index (χ1n) is 9.24. The molecule has 1 heterocycles. The molecular weight excluding hydrogens is 348 g/mol. The van der Waals surface area contributed by atoms with Gasteiger partial charge in [0.15, 0.2) is 0 Å². The summed E-state index contributed by atoms with van der Waals surface area (Å²) in [7, 11) is 0. The SMILES string of the molecule is CC(N)=C(C)C(=N)c1cc(C(=O)N2CC(c3ccc(C#N)cc3)C2)ccc1C. The number of allylic oxidation sites excluding steroid dienone is 2. The number of aryl methyl sites for hydroxylation is 1. The first kappa shape index (κ1) is 19.4. The van der Waals surface area contributed by atoms with E-state index in [0.717, 1.165) is 22.3 Å². The van der Waals surface area contributed by atoms with Crippen LogP contribution in [-0.4, -0.2) is 29.6 Å². The Balaban J connectivity index is 1.74. The molecule has 2 aromatic rings. The van der Waals surface area contributed by atoms with Gasteiger partial charge in [-0.1, -0.05) is 18.2 Å². The maximum absolute atomic E-state index is 12.9. The van der Waals surface area contributed by atoms with E-state index in [1.807, 2.05) is 55.1 Å². The van der Waals surface area contributed by atoms with Gasteiger partial charge in [0.1, 0.15) is 0 Å². The zero-order valence-electron chi connectivity index (χ0n) is 16.4. The van der Waals surface area contributed by atoms with Crippen LogP contribution < -0.4 is 5.73 Å². The normalized spacial score (nSPS) is 14.7. The Morgan fingerprint density at radius 1 is 1.18 bits per heavy atom. The summed E-state index contributed by atoms with van der Waals surface area (Å²) >= 11 is 0. The van der Waals surface area contributed by atoms with Crippen molar-refractivity contribution < 1.29 is 4.79 Å². The maximum Gasteiger partial charge on any atom is 0.253 e. The topological polar surface area (TPSA) is 94.0 Å². The Morgan fingerprint density at radius 2 is 1.82 bits per heavy atom. The summed E-state index contributed by atoms with van der Waals surface area (Å²) in [4.78, 5) is 14.7. The molecule has 28 heavy (non-hydrogen) atoms. The van der Waals surface area contributed by atoms with Gasteiger partial charge in [-0.25, -0.2) is 0 Å². The van der Waals surface area contributed by atoms with Crippen LogP contribution in [-0.2, 0) is 0 Å². The van der Waals surface area contributed by atoms with Gasteiger partial charge in [0, 0.05) is 35.8 Å². The molecule has 3 rings (SSSR count). The van der Waals surface area contributed by atoms with Crippen molar-refractivity contribution in [1.82, 2.24) is 4.90 Å². The molecule has 5 nitrogen and oxygen atoms in total. The molecule has 0 aliphatic carbocycles. The number of rotatable bonds is 4. The van der Waals surface area contributed by atoms with Gasteiger partial charge in [-0.05, 0) is 61.7 Å². The smallest absolute Gasteiger partial charge is 0.253 e. The van der Waals surface area contributed by atoms with Crippen molar-refractivity contribution in [3.8, 4) is 6.07 Å². The van der Waals surface area contributed by atoms with E-state index in [4.69, 9.17) is 16.4 Å². The average molecular weight is 372 g/mol. The van der Waals surface area contributed by atoms with Gasteiger partial charge in [0.2, 0.25) is 0 Å². The molecule has 0 unspecified atom stereocenters. The van der Waals surface area contributed by atoms with Crippen molar-refractivity contribution >= 4 is 11.6 Å². The van der Waals surface area contributed by atoms with E-state index >= 15 is 0 Å². The molecule has 142 valence electrons. The number of nitrogens with two attached hydrogens (primary N) is 1. The zero-order valence-corrected chi connectivity index (χ0v) is 16.4. The van der Waals surface area contributed by atoms with Crippen molar-refractivity contribution in [3.63, 3.8) is 0 Å². The van der Waals surface area contributed by atoms with Gasteiger partial charge < -0.3 is 10.6 Å². The molecule has 0 radical (unpaired) electrons. The molecule has 2 aromatic carbocycles. The number of benzene rings is 2. The van der Waals surface area contributed by atoms with Gasteiger partial charge in [-0.15, -0.1) is 0 Å². The lowest BCUT2D eigenvalue weighted by molar-refractivity contribution is 0.0602. The number of amides is 1. The first-order chi connectivity index (χ1) is 13.3. The second kappa shape index (κ2) is 7.69. The molecule has 0 aromatic heterocycles. The maximum atomic E-state index is 12.9. The van der Waals surface area contributed by atoms with E-state index in [0.29, 0.717) is 41.5 Å². The Labute approximate surface area is 165 Å². The third kappa shape index (κ3) is 3.67. The average Bonchev–Trinajstić information content (AvgIpc) is 2.66. The molecule has 1 fully saturated rings. The molecule has 0 saturated carbocycles.